The van der Waals surface area contributed by atoms with Gasteiger partial charge in [0.15, 0.2) is 11.5 Å². The minimum Gasteiger partial charge on any atom is -0.493 e. The van der Waals surface area contributed by atoms with E-state index in [1.807, 2.05) is 18.2 Å². The number of thiazole rings is 1. The highest BCUT2D eigenvalue weighted by atomic mass is 35.5. The molecule has 1 amide bonds. The zero-order valence-corrected chi connectivity index (χ0v) is 15.9. The molecule has 3 aromatic rings. The van der Waals surface area contributed by atoms with Crippen LogP contribution in [-0.2, 0) is 0 Å². The molecule has 0 unspecified atom stereocenters. The molecule has 0 bridgehead atoms. The van der Waals surface area contributed by atoms with E-state index in [2.05, 4.69) is 15.3 Å². The van der Waals surface area contributed by atoms with Gasteiger partial charge < -0.3 is 14.8 Å². The Hall–Kier alpha value is -2.64. The van der Waals surface area contributed by atoms with Gasteiger partial charge >= 0.3 is 0 Å². The lowest BCUT2D eigenvalue weighted by Gasteiger charge is -2.12. The molecule has 0 radical (unpaired) electrons. The number of rotatable bonds is 5. The fourth-order valence-electron chi connectivity index (χ4n) is 2.33. The van der Waals surface area contributed by atoms with Gasteiger partial charge in [-0.05, 0) is 19.1 Å². The molecule has 0 atom stereocenters. The zero-order chi connectivity index (χ0) is 18.7. The van der Waals surface area contributed by atoms with E-state index < -0.39 is 0 Å². The van der Waals surface area contributed by atoms with Gasteiger partial charge in [0, 0.05) is 18.3 Å². The molecule has 2 aromatic heterocycles. The Morgan fingerprint density at radius 3 is 2.58 bits per heavy atom. The summed E-state index contributed by atoms with van der Waals surface area (Å²) in [5.41, 5.74) is 1.79. The van der Waals surface area contributed by atoms with Crippen LogP contribution in [0.2, 0.25) is 5.02 Å². The van der Waals surface area contributed by atoms with E-state index in [1.165, 1.54) is 25.6 Å². The predicted molar refractivity (Wildman–Crippen MR) is 103 cm³/mol. The van der Waals surface area contributed by atoms with Crippen molar-refractivity contribution < 1.29 is 14.3 Å². The number of carbonyl (C=O) groups excluding carboxylic acids is 1. The SMILES string of the molecule is COc1cc(Cl)c(NC(=O)c2sc(-c3ccccn3)nc2C)cc1OC. The van der Waals surface area contributed by atoms with E-state index in [0.717, 1.165) is 5.69 Å². The number of amides is 1. The maximum atomic E-state index is 12.7. The van der Waals surface area contributed by atoms with Crippen LogP contribution in [0.5, 0.6) is 11.5 Å². The molecule has 0 fully saturated rings. The summed E-state index contributed by atoms with van der Waals surface area (Å²) in [7, 11) is 3.04. The fraction of sp³-hybridized carbons (Fsp3) is 0.167. The van der Waals surface area contributed by atoms with E-state index in [0.29, 0.717) is 37.8 Å². The van der Waals surface area contributed by atoms with Crippen molar-refractivity contribution in [3.05, 3.63) is 52.1 Å². The van der Waals surface area contributed by atoms with Crippen LogP contribution in [-0.4, -0.2) is 30.1 Å². The van der Waals surface area contributed by atoms with Gasteiger partial charge in [0.1, 0.15) is 9.88 Å². The number of nitrogens with one attached hydrogen (secondary N) is 1. The molecular weight excluding hydrogens is 374 g/mol. The number of halogens is 1. The molecule has 3 rings (SSSR count). The van der Waals surface area contributed by atoms with E-state index in [1.54, 1.807) is 25.3 Å². The van der Waals surface area contributed by atoms with E-state index in [-0.39, 0.29) is 5.91 Å². The van der Waals surface area contributed by atoms with Crippen LogP contribution in [0.1, 0.15) is 15.4 Å². The Morgan fingerprint density at radius 1 is 1.19 bits per heavy atom. The Kier molecular flexibility index (Phi) is 5.39. The van der Waals surface area contributed by atoms with Gasteiger partial charge in [0.05, 0.1) is 36.3 Å². The number of aryl methyl sites for hydroxylation is 1. The van der Waals surface area contributed by atoms with Crippen molar-refractivity contribution in [1.29, 1.82) is 0 Å². The van der Waals surface area contributed by atoms with Crippen LogP contribution >= 0.6 is 22.9 Å². The molecule has 6 nitrogen and oxygen atoms in total. The molecule has 1 N–H and O–H groups in total. The first-order valence-electron chi connectivity index (χ1n) is 7.65. The third-order valence-corrected chi connectivity index (χ3v) is 5.10. The van der Waals surface area contributed by atoms with Gasteiger partial charge in [-0.15, -0.1) is 11.3 Å². The average molecular weight is 390 g/mol. The standard InChI is InChI=1S/C18H16ClN3O3S/c1-10-16(26-18(21-10)12-6-4-5-7-20-12)17(23)22-13-9-15(25-3)14(24-2)8-11(13)19/h4-9H,1-3H3,(H,22,23). The summed E-state index contributed by atoms with van der Waals surface area (Å²) in [6.45, 7) is 1.79. The van der Waals surface area contributed by atoms with Gasteiger partial charge in [-0.3, -0.25) is 9.78 Å². The summed E-state index contributed by atoms with van der Waals surface area (Å²) in [5, 5.41) is 3.84. The lowest BCUT2D eigenvalue weighted by Crippen LogP contribution is -2.12. The summed E-state index contributed by atoms with van der Waals surface area (Å²) in [6, 6.07) is 8.77. The van der Waals surface area contributed by atoms with Crippen LogP contribution < -0.4 is 14.8 Å². The number of aromatic nitrogens is 2. The van der Waals surface area contributed by atoms with Crippen LogP contribution in [0, 0.1) is 6.92 Å². The van der Waals surface area contributed by atoms with Crippen molar-refractivity contribution in [1.82, 2.24) is 9.97 Å². The minimum absolute atomic E-state index is 0.295. The number of nitrogens with zero attached hydrogens (tertiary/aromatic N) is 2. The van der Waals surface area contributed by atoms with E-state index in [4.69, 9.17) is 21.1 Å². The lowest BCUT2D eigenvalue weighted by molar-refractivity contribution is 0.103. The summed E-state index contributed by atoms with van der Waals surface area (Å²) in [6.07, 6.45) is 1.69. The number of anilines is 1. The molecule has 26 heavy (non-hydrogen) atoms. The number of hydrogen-bond donors (Lipinski definition) is 1. The number of methoxy groups -OCH3 is 2. The quantitative estimate of drug-likeness (QED) is 0.698. The van der Waals surface area contributed by atoms with Crippen molar-refractivity contribution in [2.75, 3.05) is 19.5 Å². The maximum absolute atomic E-state index is 12.7. The number of hydrogen-bond acceptors (Lipinski definition) is 6. The van der Waals surface area contributed by atoms with Gasteiger partial charge in [-0.2, -0.15) is 0 Å². The zero-order valence-electron chi connectivity index (χ0n) is 14.4. The summed E-state index contributed by atoms with van der Waals surface area (Å²) in [5.74, 6) is 0.667. The van der Waals surface area contributed by atoms with Crippen molar-refractivity contribution in [2.45, 2.75) is 6.92 Å². The second-order valence-electron chi connectivity index (χ2n) is 5.29. The fourth-order valence-corrected chi connectivity index (χ4v) is 3.47. The average Bonchev–Trinajstić information content (AvgIpc) is 3.05. The van der Waals surface area contributed by atoms with Crippen molar-refractivity contribution >= 4 is 34.5 Å². The highest BCUT2D eigenvalue weighted by molar-refractivity contribution is 7.17. The second-order valence-corrected chi connectivity index (χ2v) is 6.70. The molecule has 0 aliphatic carbocycles. The Bertz CT molecular complexity index is 944. The summed E-state index contributed by atoms with van der Waals surface area (Å²) >= 11 is 7.52. The molecule has 0 aliphatic heterocycles. The molecule has 0 saturated heterocycles. The topological polar surface area (TPSA) is 73.3 Å². The first-order chi connectivity index (χ1) is 12.5. The van der Waals surface area contributed by atoms with Crippen molar-refractivity contribution in [3.63, 3.8) is 0 Å². The second kappa shape index (κ2) is 7.72. The van der Waals surface area contributed by atoms with Gasteiger partial charge in [0.2, 0.25) is 0 Å². The highest BCUT2D eigenvalue weighted by Crippen LogP contribution is 2.36. The monoisotopic (exact) mass is 389 g/mol. The predicted octanol–water partition coefficient (Wildman–Crippen LogP) is 4.44. The van der Waals surface area contributed by atoms with Crippen LogP contribution in [0.25, 0.3) is 10.7 Å². The van der Waals surface area contributed by atoms with Crippen molar-refractivity contribution in [3.8, 4) is 22.2 Å². The number of carbonyl (C=O) groups is 1. The summed E-state index contributed by atoms with van der Waals surface area (Å²) in [4.78, 5) is 21.9. The third-order valence-electron chi connectivity index (χ3n) is 3.61. The van der Waals surface area contributed by atoms with Gasteiger partial charge in [-0.1, -0.05) is 17.7 Å². The number of ether oxygens (including phenoxy) is 2. The Morgan fingerprint density at radius 2 is 1.92 bits per heavy atom. The summed E-state index contributed by atoms with van der Waals surface area (Å²) < 4.78 is 10.4. The molecule has 134 valence electrons. The van der Waals surface area contributed by atoms with E-state index in [9.17, 15) is 4.79 Å². The van der Waals surface area contributed by atoms with Crippen LogP contribution in [0.15, 0.2) is 36.5 Å². The van der Waals surface area contributed by atoms with Crippen LogP contribution in [0.4, 0.5) is 5.69 Å². The van der Waals surface area contributed by atoms with Gasteiger partial charge in [0.25, 0.3) is 5.91 Å². The number of benzene rings is 1. The van der Waals surface area contributed by atoms with Crippen molar-refractivity contribution in [2.24, 2.45) is 0 Å². The maximum Gasteiger partial charge on any atom is 0.267 e. The minimum atomic E-state index is -0.295. The van der Waals surface area contributed by atoms with E-state index >= 15 is 0 Å². The smallest absolute Gasteiger partial charge is 0.267 e. The highest BCUT2D eigenvalue weighted by Gasteiger charge is 2.19. The normalized spacial score (nSPS) is 10.5. The first kappa shape index (κ1) is 18.2. The number of pyridine rings is 1. The Balaban J connectivity index is 1.88. The molecule has 1 aromatic carbocycles. The molecule has 2 heterocycles. The van der Waals surface area contributed by atoms with Crippen LogP contribution in [0.3, 0.4) is 0 Å². The third kappa shape index (κ3) is 3.63. The molecule has 0 spiro atoms. The molecule has 0 saturated carbocycles. The lowest BCUT2D eigenvalue weighted by atomic mass is 10.2. The Labute approximate surface area is 159 Å². The van der Waals surface area contributed by atoms with Gasteiger partial charge in [-0.25, -0.2) is 4.98 Å². The molecular formula is C18H16ClN3O3S. The largest absolute Gasteiger partial charge is 0.493 e. The molecule has 0 aliphatic rings. The molecule has 8 heteroatoms. The first-order valence-corrected chi connectivity index (χ1v) is 8.84.